The van der Waals surface area contributed by atoms with Crippen molar-refractivity contribution in [3.63, 3.8) is 0 Å². The molecule has 2 aliphatic rings. The number of hydrogen-bond donors (Lipinski definition) is 3. The van der Waals surface area contributed by atoms with E-state index in [-0.39, 0.29) is 11.9 Å². The lowest BCUT2D eigenvalue weighted by Crippen LogP contribution is -2.70. The molecule has 2 aromatic carbocycles. The Hall–Kier alpha value is -2.31. The number of fused-ring (bicyclic) bond motifs is 4. The summed E-state index contributed by atoms with van der Waals surface area (Å²) in [6.45, 7) is 3.86. The van der Waals surface area contributed by atoms with E-state index in [1.165, 1.54) is 0 Å². The van der Waals surface area contributed by atoms with Crippen LogP contribution in [0.4, 0.5) is 5.69 Å². The minimum absolute atomic E-state index is 0.158. The molecule has 2 heterocycles. The molecule has 2 aliphatic heterocycles. The van der Waals surface area contributed by atoms with Crippen LogP contribution in [-0.2, 0) is 4.79 Å². The molecule has 5 nitrogen and oxygen atoms in total. The van der Waals surface area contributed by atoms with E-state index in [0.717, 1.165) is 16.9 Å². The summed E-state index contributed by atoms with van der Waals surface area (Å²) in [5.41, 5.74) is 1.77. The number of amides is 1. The van der Waals surface area contributed by atoms with E-state index in [0.29, 0.717) is 15.8 Å². The van der Waals surface area contributed by atoms with Crippen LogP contribution in [0, 0.1) is 12.8 Å². The highest BCUT2D eigenvalue weighted by Gasteiger charge is 2.54. The van der Waals surface area contributed by atoms with Crippen LogP contribution in [-0.4, -0.2) is 16.7 Å². The van der Waals surface area contributed by atoms with E-state index in [1.54, 1.807) is 24.3 Å². The fourth-order valence-electron chi connectivity index (χ4n) is 3.62. The molecule has 134 valence electrons. The average Bonchev–Trinajstić information content (AvgIpc) is 2.56. The van der Waals surface area contributed by atoms with Crippen molar-refractivity contribution in [2.24, 2.45) is 5.92 Å². The maximum Gasteiger partial charge on any atom is 0.236 e. The predicted molar refractivity (Wildman–Crippen MR) is 105 cm³/mol. The largest absolute Gasteiger partial charge is 0.467 e. The third-order valence-corrected chi connectivity index (χ3v) is 5.26. The second kappa shape index (κ2) is 6.14. The minimum Gasteiger partial charge on any atom is -0.467 e. The van der Waals surface area contributed by atoms with Gasteiger partial charge >= 0.3 is 0 Å². The molecule has 4 rings (SSSR count). The maximum absolute atomic E-state index is 13.1. The van der Waals surface area contributed by atoms with Crippen LogP contribution in [0.1, 0.15) is 24.1 Å². The van der Waals surface area contributed by atoms with Crippen molar-refractivity contribution in [2.75, 3.05) is 5.32 Å². The van der Waals surface area contributed by atoms with Gasteiger partial charge in [0.15, 0.2) is 10.8 Å². The summed E-state index contributed by atoms with van der Waals surface area (Å²) in [4.78, 5) is 13.1. The molecule has 1 saturated heterocycles. The Morgan fingerprint density at radius 1 is 1.27 bits per heavy atom. The van der Waals surface area contributed by atoms with Gasteiger partial charge in [-0.2, -0.15) is 0 Å². The zero-order valence-corrected chi connectivity index (χ0v) is 15.9. The predicted octanol–water partition coefficient (Wildman–Crippen LogP) is 3.53. The van der Waals surface area contributed by atoms with Crippen molar-refractivity contribution in [1.82, 2.24) is 10.6 Å². The molecule has 0 saturated carbocycles. The van der Waals surface area contributed by atoms with Crippen LogP contribution in [0.25, 0.3) is 0 Å². The first-order valence-corrected chi connectivity index (χ1v) is 9.09. The topological polar surface area (TPSA) is 62.4 Å². The van der Waals surface area contributed by atoms with E-state index in [2.05, 4.69) is 16.0 Å². The van der Waals surface area contributed by atoms with Gasteiger partial charge in [0.25, 0.3) is 0 Å². The number of thiocarbonyl (C=S) groups is 1. The number of rotatable bonds is 2. The quantitative estimate of drug-likeness (QED) is 0.688. The van der Waals surface area contributed by atoms with E-state index >= 15 is 0 Å². The minimum atomic E-state index is -0.939. The molecular weight excluding hydrogens is 370 g/mol. The molecule has 0 spiro atoms. The van der Waals surface area contributed by atoms with E-state index in [9.17, 15) is 4.79 Å². The SMILES string of the molecule is Cc1ccc2c(c1)[C@@H]1NC(=S)N[C@@](C)(O2)[C@@H]1C(=O)Nc1ccc(Cl)cc1. The number of benzene rings is 2. The van der Waals surface area contributed by atoms with Gasteiger partial charge in [-0.25, -0.2) is 0 Å². The lowest BCUT2D eigenvalue weighted by molar-refractivity contribution is -0.132. The van der Waals surface area contributed by atoms with Gasteiger partial charge < -0.3 is 20.7 Å². The molecule has 26 heavy (non-hydrogen) atoms. The first-order chi connectivity index (χ1) is 12.4. The molecule has 2 aromatic rings. The summed E-state index contributed by atoms with van der Waals surface area (Å²) >= 11 is 11.2. The number of carbonyl (C=O) groups excluding carboxylic acids is 1. The van der Waals surface area contributed by atoms with Crippen molar-refractivity contribution in [3.8, 4) is 5.75 Å². The van der Waals surface area contributed by atoms with Crippen molar-refractivity contribution >= 4 is 40.5 Å². The number of aryl methyl sites for hydroxylation is 1. The lowest BCUT2D eigenvalue weighted by Gasteiger charge is -2.50. The molecule has 1 fully saturated rings. The second-order valence-corrected chi connectivity index (χ2v) is 7.65. The fourth-order valence-corrected chi connectivity index (χ4v) is 4.07. The Kier molecular flexibility index (Phi) is 4.04. The van der Waals surface area contributed by atoms with Gasteiger partial charge in [-0.05, 0) is 56.4 Å². The third-order valence-electron chi connectivity index (χ3n) is 4.79. The normalized spacial score (nSPS) is 26.0. The highest BCUT2D eigenvalue weighted by molar-refractivity contribution is 7.80. The molecule has 7 heteroatoms. The number of ether oxygens (including phenoxy) is 1. The van der Waals surface area contributed by atoms with E-state index < -0.39 is 11.6 Å². The number of hydrogen-bond acceptors (Lipinski definition) is 3. The first-order valence-electron chi connectivity index (χ1n) is 8.30. The van der Waals surface area contributed by atoms with Gasteiger partial charge in [-0.3, -0.25) is 4.79 Å². The number of anilines is 1. The highest BCUT2D eigenvalue weighted by atomic mass is 35.5. The van der Waals surface area contributed by atoms with Crippen LogP contribution in [0.3, 0.4) is 0 Å². The Morgan fingerprint density at radius 3 is 2.73 bits per heavy atom. The van der Waals surface area contributed by atoms with Gasteiger partial charge in [0.05, 0.1) is 6.04 Å². The van der Waals surface area contributed by atoms with Crippen molar-refractivity contribution in [1.29, 1.82) is 0 Å². The van der Waals surface area contributed by atoms with Crippen LogP contribution in [0.5, 0.6) is 5.75 Å². The van der Waals surface area contributed by atoms with Gasteiger partial charge in [-0.15, -0.1) is 0 Å². The lowest BCUT2D eigenvalue weighted by atomic mass is 9.79. The highest BCUT2D eigenvalue weighted by Crippen LogP contribution is 2.45. The molecule has 0 radical (unpaired) electrons. The van der Waals surface area contributed by atoms with E-state index in [4.69, 9.17) is 28.6 Å². The summed E-state index contributed by atoms with van der Waals surface area (Å²) in [6, 6.07) is 12.7. The van der Waals surface area contributed by atoms with Crippen molar-refractivity contribution in [3.05, 3.63) is 58.6 Å². The molecule has 0 unspecified atom stereocenters. The molecular formula is C19H18ClN3O2S. The zero-order valence-electron chi connectivity index (χ0n) is 14.3. The Bertz CT molecular complexity index is 902. The molecule has 3 atom stereocenters. The van der Waals surface area contributed by atoms with Gasteiger partial charge in [0, 0.05) is 16.3 Å². The smallest absolute Gasteiger partial charge is 0.236 e. The standard InChI is InChI=1S/C19H18ClN3O2S/c1-10-3-8-14-13(9-10)16-15(19(2,25-14)23-18(26)22-16)17(24)21-12-6-4-11(20)5-7-12/h3-9,15-16H,1-2H3,(H,21,24)(H2,22,23,26)/t15-,16-,19-/m0/s1. The molecule has 1 amide bonds. The van der Waals surface area contributed by atoms with Gasteiger partial charge in [0.1, 0.15) is 11.7 Å². The first kappa shape index (κ1) is 17.1. The summed E-state index contributed by atoms with van der Waals surface area (Å²) < 4.78 is 6.19. The second-order valence-electron chi connectivity index (χ2n) is 6.80. The van der Waals surface area contributed by atoms with Crippen LogP contribution < -0.4 is 20.7 Å². The van der Waals surface area contributed by atoms with Crippen molar-refractivity contribution < 1.29 is 9.53 Å². The maximum atomic E-state index is 13.1. The Balaban J connectivity index is 1.71. The summed E-state index contributed by atoms with van der Waals surface area (Å²) in [5, 5.41) is 10.4. The molecule has 0 aromatic heterocycles. The Labute approximate surface area is 162 Å². The molecule has 3 N–H and O–H groups in total. The third kappa shape index (κ3) is 2.89. The van der Waals surface area contributed by atoms with Crippen molar-refractivity contribution in [2.45, 2.75) is 25.6 Å². The summed E-state index contributed by atoms with van der Waals surface area (Å²) in [6.07, 6.45) is 0. The fraction of sp³-hybridized carbons (Fsp3) is 0.263. The van der Waals surface area contributed by atoms with Gasteiger partial charge in [-0.1, -0.05) is 29.3 Å². The van der Waals surface area contributed by atoms with Crippen LogP contribution >= 0.6 is 23.8 Å². The average molecular weight is 388 g/mol. The van der Waals surface area contributed by atoms with E-state index in [1.807, 2.05) is 32.0 Å². The monoisotopic (exact) mass is 387 g/mol. The van der Waals surface area contributed by atoms with Crippen LogP contribution in [0.15, 0.2) is 42.5 Å². The molecule has 0 aliphatic carbocycles. The van der Waals surface area contributed by atoms with Crippen LogP contribution in [0.2, 0.25) is 5.02 Å². The zero-order chi connectivity index (χ0) is 18.5. The van der Waals surface area contributed by atoms with Gasteiger partial charge in [0.2, 0.25) is 5.91 Å². The number of halogens is 1. The number of carbonyl (C=O) groups is 1. The Morgan fingerprint density at radius 2 is 2.00 bits per heavy atom. The summed E-state index contributed by atoms with van der Waals surface area (Å²) in [7, 11) is 0. The number of nitrogens with one attached hydrogen (secondary N) is 3. The molecule has 2 bridgehead atoms. The summed E-state index contributed by atoms with van der Waals surface area (Å²) in [5.74, 6) is 0.0785.